The summed E-state index contributed by atoms with van der Waals surface area (Å²) in [6.07, 6.45) is -5.93. The number of esters is 1. The first-order valence-electron chi connectivity index (χ1n) is 18.9. The predicted molar refractivity (Wildman–Crippen MR) is 222 cm³/mol. The van der Waals surface area contributed by atoms with Gasteiger partial charge in [-0.2, -0.15) is 4.98 Å². The first-order valence-corrected chi connectivity index (χ1v) is 24.3. The Morgan fingerprint density at radius 3 is 2.45 bits per heavy atom. The van der Waals surface area contributed by atoms with E-state index in [0.717, 1.165) is 10.9 Å². The molecule has 13 N–H and O–H groups in total. The average Bonchev–Trinajstić information content (AvgIpc) is 3.87. The van der Waals surface area contributed by atoms with Gasteiger partial charge in [0.2, 0.25) is 5.91 Å². The van der Waals surface area contributed by atoms with Crippen LogP contribution in [0, 0.1) is 0 Å². The van der Waals surface area contributed by atoms with Crippen LogP contribution in [0.4, 0.5) is 11.6 Å². The molecule has 0 bridgehead atoms. The maximum atomic E-state index is 13.4. The van der Waals surface area contributed by atoms with Crippen molar-refractivity contribution >= 4 is 71.9 Å². The zero-order valence-corrected chi connectivity index (χ0v) is 37.1. The predicted octanol–water partition coefficient (Wildman–Crippen LogP) is -0.562. The Bertz CT molecular complexity index is 2180. The number of phosphoric acid groups is 2. The molecule has 3 aromatic rings. The Hall–Kier alpha value is -3.31. The number of rotatable bonds is 21. The van der Waals surface area contributed by atoms with Gasteiger partial charge in [0.15, 0.2) is 23.8 Å². The van der Waals surface area contributed by atoms with Crippen LogP contribution in [0.2, 0.25) is 0 Å². The van der Waals surface area contributed by atoms with Crippen molar-refractivity contribution in [1.82, 2.24) is 34.4 Å². The molecule has 62 heavy (non-hydrogen) atoms. The molecule has 0 aliphatic carbocycles. The third-order valence-corrected chi connectivity index (χ3v) is 14.0. The molecule has 10 atom stereocenters. The molecular formula is C32H51N11O15P2S2. The van der Waals surface area contributed by atoms with Gasteiger partial charge in [0, 0.05) is 29.7 Å². The number of imidazole rings is 1. The molecule has 2 fully saturated rings. The molecule has 3 aromatic heterocycles. The van der Waals surface area contributed by atoms with Gasteiger partial charge in [-0.25, -0.2) is 28.9 Å². The van der Waals surface area contributed by atoms with Crippen LogP contribution in [0.1, 0.15) is 58.9 Å². The fourth-order valence-corrected chi connectivity index (χ4v) is 9.86. The van der Waals surface area contributed by atoms with Crippen LogP contribution >= 0.6 is 37.2 Å². The summed E-state index contributed by atoms with van der Waals surface area (Å²) in [6.45, 7) is 4.75. The summed E-state index contributed by atoms with van der Waals surface area (Å²) in [4.78, 5) is 83.4. The molecule has 2 aliphatic rings. The summed E-state index contributed by atoms with van der Waals surface area (Å²) in [5.74, 6) is -0.921. The quantitative estimate of drug-likeness (QED) is 0.0279. The van der Waals surface area contributed by atoms with Crippen LogP contribution in [0.5, 0.6) is 0 Å². The molecule has 26 nitrogen and oxygen atoms in total. The molecule has 1 amide bonds. The summed E-state index contributed by atoms with van der Waals surface area (Å²) >= 11 is 0. The lowest BCUT2D eigenvalue weighted by molar-refractivity contribution is -0.158. The van der Waals surface area contributed by atoms with Crippen LogP contribution in [0.25, 0.3) is 11.2 Å². The summed E-state index contributed by atoms with van der Waals surface area (Å²) in [5.41, 5.74) is 23.1. The lowest BCUT2D eigenvalue weighted by atomic mass is 10.1. The van der Waals surface area contributed by atoms with E-state index >= 15 is 0 Å². The number of unbranched alkanes of at least 4 members (excludes halogenated alkanes) is 1. The van der Waals surface area contributed by atoms with E-state index in [1.807, 2.05) is 0 Å². The van der Waals surface area contributed by atoms with Crippen molar-refractivity contribution in [3.8, 4) is 0 Å². The van der Waals surface area contributed by atoms with Gasteiger partial charge < -0.3 is 62.2 Å². The van der Waals surface area contributed by atoms with Crippen molar-refractivity contribution in [2.45, 2.75) is 106 Å². The molecule has 2 saturated heterocycles. The highest BCUT2D eigenvalue weighted by Crippen LogP contribution is 2.50. The van der Waals surface area contributed by atoms with E-state index in [-0.39, 0.29) is 52.8 Å². The molecule has 2 aliphatic heterocycles. The normalized spacial score (nSPS) is 25.1. The number of anilines is 2. The second kappa shape index (κ2) is 21.1. The molecule has 5 heterocycles. The molecule has 0 aromatic carbocycles. The highest BCUT2D eigenvalue weighted by atomic mass is 33.1. The Balaban J connectivity index is 1.23. The average molecular weight is 956 g/mol. The maximum absolute atomic E-state index is 13.4. The number of aliphatic hydroxyl groups excluding tert-OH is 1. The molecule has 0 radical (unpaired) electrons. The van der Waals surface area contributed by atoms with Crippen LogP contribution in [0.3, 0.4) is 0 Å². The summed E-state index contributed by atoms with van der Waals surface area (Å²) in [5, 5.41) is 14.3. The third kappa shape index (κ3) is 13.8. The molecule has 5 rings (SSSR count). The van der Waals surface area contributed by atoms with E-state index in [4.69, 9.17) is 46.2 Å². The van der Waals surface area contributed by atoms with Crippen molar-refractivity contribution in [3.63, 3.8) is 0 Å². The van der Waals surface area contributed by atoms with E-state index in [2.05, 4.69) is 50.5 Å². The topological polar surface area (TPSA) is 399 Å². The van der Waals surface area contributed by atoms with Crippen molar-refractivity contribution in [3.05, 3.63) is 35.4 Å². The van der Waals surface area contributed by atoms with Crippen molar-refractivity contribution in [2.75, 3.05) is 37.0 Å². The lowest BCUT2D eigenvalue weighted by Gasteiger charge is -2.24. The lowest BCUT2D eigenvalue weighted by Crippen LogP contribution is -2.43. The van der Waals surface area contributed by atoms with Gasteiger partial charge in [0.05, 0.1) is 25.6 Å². The number of ether oxygens (including phenoxy) is 3. The van der Waals surface area contributed by atoms with E-state index in [9.17, 15) is 43.3 Å². The van der Waals surface area contributed by atoms with Crippen LogP contribution < -0.4 is 33.9 Å². The number of carbonyl (C=O) groups excluding carboxylic acids is 2. The fraction of sp³-hybridized carbons (Fsp3) is 0.656. The molecule has 346 valence electrons. The van der Waals surface area contributed by atoms with Crippen molar-refractivity contribution in [2.24, 2.45) is 11.5 Å². The zero-order valence-electron chi connectivity index (χ0n) is 33.6. The first kappa shape index (κ1) is 49.7. The Morgan fingerprint density at radius 2 is 1.76 bits per heavy atom. The minimum Gasteiger partial charge on any atom is -0.455 e. The van der Waals surface area contributed by atoms with E-state index < -0.39 is 95.6 Å². The van der Waals surface area contributed by atoms with Gasteiger partial charge in [0.1, 0.15) is 54.3 Å². The summed E-state index contributed by atoms with van der Waals surface area (Å²) in [7, 11) is -7.11. The Morgan fingerprint density at radius 1 is 1.03 bits per heavy atom. The smallest absolute Gasteiger partial charge is 0.455 e. The first-order chi connectivity index (χ1) is 29.0. The number of aromatic nitrogens is 6. The number of amides is 1. The van der Waals surface area contributed by atoms with Crippen LogP contribution in [-0.2, 0) is 46.5 Å². The van der Waals surface area contributed by atoms with Crippen molar-refractivity contribution in [1.29, 1.82) is 0 Å². The minimum atomic E-state index is -5.18. The van der Waals surface area contributed by atoms with Gasteiger partial charge in [-0.1, -0.05) is 42.4 Å². The summed E-state index contributed by atoms with van der Waals surface area (Å²) < 4.78 is 59.7. The Labute approximate surface area is 361 Å². The van der Waals surface area contributed by atoms with E-state index in [0.29, 0.717) is 18.6 Å². The van der Waals surface area contributed by atoms with Gasteiger partial charge in [-0.05, 0) is 25.3 Å². The van der Waals surface area contributed by atoms with E-state index in [1.165, 1.54) is 34.0 Å². The number of fused-ring (bicyclic) bond motifs is 1. The number of carbonyl (C=O) groups is 2. The van der Waals surface area contributed by atoms with E-state index in [1.54, 1.807) is 10.8 Å². The number of nitrogens with two attached hydrogens (primary N) is 4. The molecule has 0 saturated carbocycles. The fourth-order valence-electron chi connectivity index (χ4n) is 6.13. The van der Waals surface area contributed by atoms with Gasteiger partial charge >= 0.3 is 27.3 Å². The van der Waals surface area contributed by atoms with Crippen LogP contribution in [0.15, 0.2) is 29.7 Å². The number of aliphatic hydroxyl groups is 1. The monoisotopic (exact) mass is 955 g/mol. The number of nitrogen functional groups attached to an aromatic ring is 2. The minimum absolute atomic E-state index is 0.0131. The van der Waals surface area contributed by atoms with Gasteiger partial charge in [0.25, 0.3) is 0 Å². The zero-order chi connectivity index (χ0) is 45.6. The molecule has 6 unspecified atom stereocenters. The number of hydrogen-bond acceptors (Lipinski definition) is 22. The van der Waals surface area contributed by atoms with Gasteiger partial charge in [-0.3, -0.25) is 32.3 Å². The standard InChI is InChI=1S/C32H51N11O15P2S2/c1-32(2,3)62-61-13-17(34)28(45)37-8-5-4-6-16(33)30(46)57-25-20(56-29(24(25)44)43-15-40-23-26(36)38-14-39-27(23)43)12-54-60(51,52)58-18-10-22(42-9-7-21(35)41-31(42)47)55-19(18)11-53-59(48,49)50/h7,9,14-20,22,24-25,29,44H,4-6,8,10-13,33-34H2,1-3H3,(H,37,45)(H,51,52)(H2,35,41,47)(H2,36,38,39)(H2,48,49,50)/t16-,17?,18+,19-,20?,22-,24?,25?,29?/m1/s1. The SMILES string of the molecule is CC(C)(C)SSCC(N)C(=O)NCCCC[C@@H](N)C(=O)OC1C(COP(=O)(O)O[C@H]2C[C@H](n3ccc(N)nc3=O)O[C@@H]2COP(=O)(O)O)OC(n2cnc3c(N)ncnc32)C1O. The largest absolute Gasteiger partial charge is 0.472 e. The summed E-state index contributed by atoms with van der Waals surface area (Å²) in [6, 6.07) is -0.625. The molecular weight excluding hydrogens is 904 g/mol. The second-order valence-electron chi connectivity index (χ2n) is 15.1. The number of phosphoric ester groups is 2. The molecule has 30 heteroatoms. The van der Waals surface area contributed by atoms with Crippen LogP contribution in [-0.4, -0.2) is 134 Å². The Kier molecular flexibility index (Phi) is 16.9. The highest BCUT2D eigenvalue weighted by Gasteiger charge is 2.50. The highest BCUT2D eigenvalue weighted by molar-refractivity contribution is 8.77. The number of hydrogen-bond donors (Lipinski definition) is 9. The maximum Gasteiger partial charge on any atom is 0.472 e. The number of nitrogens with zero attached hydrogens (tertiary/aromatic N) is 6. The second-order valence-corrected chi connectivity index (χ2v) is 20.9. The third-order valence-electron chi connectivity index (χ3n) is 9.08. The van der Waals surface area contributed by atoms with Crippen molar-refractivity contribution < 1.29 is 66.3 Å². The van der Waals surface area contributed by atoms with Gasteiger partial charge in [-0.15, -0.1) is 0 Å². The molecule has 0 spiro atoms. The number of nitrogens with one attached hydrogen (secondary N) is 1.